The first-order chi connectivity index (χ1) is 6.09. The van der Waals surface area contributed by atoms with Gasteiger partial charge < -0.3 is 10.4 Å². The summed E-state index contributed by atoms with van der Waals surface area (Å²) >= 11 is 0. The molecule has 1 atom stereocenters. The lowest BCUT2D eigenvalue weighted by molar-refractivity contribution is -0.119. The van der Waals surface area contributed by atoms with Crippen LogP contribution in [0, 0.1) is 0 Å². The summed E-state index contributed by atoms with van der Waals surface area (Å²) in [5.74, 6) is 0.00513. The summed E-state index contributed by atoms with van der Waals surface area (Å²) in [6.07, 6.45) is 2.96. The van der Waals surface area contributed by atoms with Gasteiger partial charge in [-0.3, -0.25) is 9.78 Å². The van der Waals surface area contributed by atoms with E-state index in [0.717, 1.165) is 5.56 Å². The number of aromatic hydroxyl groups is 1. The Hall–Kier alpha value is -1.58. The van der Waals surface area contributed by atoms with Crippen LogP contribution in [-0.4, -0.2) is 16.0 Å². The molecule has 1 aromatic heterocycles. The van der Waals surface area contributed by atoms with Crippen molar-refractivity contribution >= 4 is 5.91 Å². The second-order valence-corrected chi connectivity index (χ2v) is 2.90. The molecule has 1 unspecified atom stereocenters. The molecule has 0 saturated heterocycles. The molecule has 2 N–H and O–H groups in total. The number of carbonyl (C=O) groups excluding carboxylic acids is 1. The molecular formula is C9H12N2O2. The lowest BCUT2D eigenvalue weighted by atomic mass is 10.1. The van der Waals surface area contributed by atoms with E-state index in [2.05, 4.69) is 10.3 Å². The summed E-state index contributed by atoms with van der Waals surface area (Å²) in [7, 11) is 0. The Morgan fingerprint density at radius 1 is 1.62 bits per heavy atom. The summed E-state index contributed by atoms with van der Waals surface area (Å²) in [5.41, 5.74) is 0.787. The van der Waals surface area contributed by atoms with Crippen LogP contribution in [0.2, 0.25) is 0 Å². The molecule has 70 valence electrons. The van der Waals surface area contributed by atoms with E-state index in [0.29, 0.717) is 0 Å². The zero-order chi connectivity index (χ0) is 9.84. The predicted molar refractivity (Wildman–Crippen MR) is 48.1 cm³/mol. The molecule has 0 radical (unpaired) electrons. The molecule has 4 nitrogen and oxygen atoms in total. The van der Waals surface area contributed by atoms with Gasteiger partial charge in [0, 0.05) is 13.1 Å². The van der Waals surface area contributed by atoms with E-state index in [9.17, 15) is 4.79 Å². The van der Waals surface area contributed by atoms with Crippen LogP contribution in [0.15, 0.2) is 18.5 Å². The molecule has 1 heterocycles. The van der Waals surface area contributed by atoms with E-state index in [1.165, 1.54) is 13.1 Å². The van der Waals surface area contributed by atoms with Gasteiger partial charge in [-0.1, -0.05) is 0 Å². The number of amides is 1. The summed E-state index contributed by atoms with van der Waals surface area (Å²) in [6, 6.07) is 1.45. The molecule has 0 fully saturated rings. The highest BCUT2D eigenvalue weighted by molar-refractivity contribution is 5.73. The zero-order valence-electron chi connectivity index (χ0n) is 7.61. The molecule has 0 aliphatic carbocycles. The van der Waals surface area contributed by atoms with Crippen LogP contribution in [0.4, 0.5) is 0 Å². The molecule has 4 heteroatoms. The first kappa shape index (κ1) is 9.51. The van der Waals surface area contributed by atoms with Crippen molar-refractivity contribution in [2.45, 2.75) is 19.9 Å². The average Bonchev–Trinajstić information content (AvgIpc) is 2.03. The molecular weight excluding hydrogens is 168 g/mol. The zero-order valence-corrected chi connectivity index (χ0v) is 7.61. The Balaban J connectivity index is 2.76. The molecule has 0 saturated carbocycles. The molecule has 13 heavy (non-hydrogen) atoms. The van der Waals surface area contributed by atoms with Crippen LogP contribution in [0.1, 0.15) is 25.5 Å². The SMILES string of the molecule is CC(=O)NC(C)c1cncc(O)c1. The van der Waals surface area contributed by atoms with Gasteiger partial charge in [0.1, 0.15) is 5.75 Å². The fourth-order valence-corrected chi connectivity index (χ4v) is 1.07. The molecule has 0 aliphatic rings. The topological polar surface area (TPSA) is 62.2 Å². The van der Waals surface area contributed by atoms with Crippen molar-refractivity contribution in [3.8, 4) is 5.75 Å². The Labute approximate surface area is 76.6 Å². The van der Waals surface area contributed by atoms with Crippen molar-refractivity contribution < 1.29 is 9.90 Å². The number of nitrogens with zero attached hydrogens (tertiary/aromatic N) is 1. The minimum atomic E-state index is -0.128. The van der Waals surface area contributed by atoms with Crippen LogP contribution >= 0.6 is 0 Å². The van der Waals surface area contributed by atoms with Gasteiger partial charge in [0.05, 0.1) is 12.2 Å². The number of hydrogen-bond donors (Lipinski definition) is 2. The number of aromatic nitrogens is 1. The van der Waals surface area contributed by atoms with Gasteiger partial charge in [0.2, 0.25) is 5.91 Å². The van der Waals surface area contributed by atoms with Gasteiger partial charge >= 0.3 is 0 Å². The monoisotopic (exact) mass is 180 g/mol. The van der Waals surface area contributed by atoms with Crippen LogP contribution in [-0.2, 0) is 4.79 Å². The highest BCUT2D eigenvalue weighted by Gasteiger charge is 2.06. The second kappa shape index (κ2) is 3.89. The van der Waals surface area contributed by atoms with Gasteiger partial charge in [-0.15, -0.1) is 0 Å². The molecule has 0 aromatic carbocycles. The highest BCUT2D eigenvalue weighted by Crippen LogP contribution is 2.15. The van der Waals surface area contributed by atoms with E-state index in [1.54, 1.807) is 12.3 Å². The fourth-order valence-electron chi connectivity index (χ4n) is 1.07. The normalized spacial score (nSPS) is 12.2. The molecule has 0 spiro atoms. The maximum Gasteiger partial charge on any atom is 0.217 e. The van der Waals surface area contributed by atoms with Gasteiger partial charge in [-0.2, -0.15) is 0 Å². The van der Waals surface area contributed by atoms with Crippen LogP contribution in [0.25, 0.3) is 0 Å². The minimum absolute atomic E-state index is 0.101. The van der Waals surface area contributed by atoms with Gasteiger partial charge in [0.15, 0.2) is 0 Å². The standard InChI is InChI=1S/C9H12N2O2/c1-6(11-7(2)12)8-3-9(13)5-10-4-8/h3-6,13H,1-2H3,(H,11,12). The number of pyridine rings is 1. The summed E-state index contributed by atoms with van der Waals surface area (Å²) < 4.78 is 0. The van der Waals surface area contributed by atoms with E-state index >= 15 is 0 Å². The maximum absolute atomic E-state index is 10.7. The summed E-state index contributed by atoms with van der Waals surface area (Å²) in [6.45, 7) is 3.28. The lowest BCUT2D eigenvalue weighted by Crippen LogP contribution is -2.23. The minimum Gasteiger partial charge on any atom is -0.506 e. The van der Waals surface area contributed by atoms with Crippen molar-refractivity contribution in [2.75, 3.05) is 0 Å². The van der Waals surface area contributed by atoms with Crippen molar-refractivity contribution in [3.63, 3.8) is 0 Å². The molecule has 0 bridgehead atoms. The van der Waals surface area contributed by atoms with Crippen LogP contribution in [0.3, 0.4) is 0 Å². The summed E-state index contributed by atoms with van der Waals surface area (Å²) in [5, 5.41) is 11.8. The third kappa shape index (κ3) is 2.74. The van der Waals surface area contributed by atoms with Crippen LogP contribution < -0.4 is 5.32 Å². The fraction of sp³-hybridized carbons (Fsp3) is 0.333. The third-order valence-corrected chi connectivity index (χ3v) is 1.66. The number of carbonyl (C=O) groups is 1. The van der Waals surface area contributed by atoms with Crippen LogP contribution in [0.5, 0.6) is 5.75 Å². The van der Waals surface area contributed by atoms with Gasteiger partial charge in [0.25, 0.3) is 0 Å². The first-order valence-electron chi connectivity index (χ1n) is 4.00. The highest BCUT2D eigenvalue weighted by atomic mass is 16.3. The Morgan fingerprint density at radius 2 is 2.31 bits per heavy atom. The Morgan fingerprint density at radius 3 is 2.85 bits per heavy atom. The van der Waals surface area contributed by atoms with E-state index < -0.39 is 0 Å². The quantitative estimate of drug-likeness (QED) is 0.713. The van der Waals surface area contributed by atoms with E-state index in [-0.39, 0.29) is 17.7 Å². The number of hydrogen-bond acceptors (Lipinski definition) is 3. The molecule has 1 amide bonds. The van der Waals surface area contributed by atoms with E-state index in [1.807, 2.05) is 6.92 Å². The summed E-state index contributed by atoms with van der Waals surface area (Å²) in [4.78, 5) is 14.5. The molecule has 0 aliphatic heterocycles. The molecule has 1 rings (SSSR count). The average molecular weight is 180 g/mol. The lowest BCUT2D eigenvalue weighted by Gasteiger charge is -2.11. The van der Waals surface area contributed by atoms with Gasteiger partial charge in [-0.05, 0) is 18.6 Å². The first-order valence-corrected chi connectivity index (χ1v) is 4.00. The number of rotatable bonds is 2. The second-order valence-electron chi connectivity index (χ2n) is 2.90. The largest absolute Gasteiger partial charge is 0.506 e. The Bertz CT molecular complexity index is 312. The van der Waals surface area contributed by atoms with Crippen molar-refractivity contribution in [3.05, 3.63) is 24.0 Å². The molecule has 1 aromatic rings. The predicted octanol–water partition coefficient (Wildman–Crippen LogP) is 0.984. The maximum atomic E-state index is 10.7. The van der Waals surface area contributed by atoms with Gasteiger partial charge in [-0.25, -0.2) is 0 Å². The van der Waals surface area contributed by atoms with Crippen molar-refractivity contribution in [1.29, 1.82) is 0 Å². The smallest absolute Gasteiger partial charge is 0.217 e. The Kier molecular flexibility index (Phi) is 2.84. The number of nitrogens with one attached hydrogen (secondary N) is 1. The van der Waals surface area contributed by atoms with Crippen molar-refractivity contribution in [2.24, 2.45) is 0 Å². The van der Waals surface area contributed by atoms with Crippen molar-refractivity contribution in [1.82, 2.24) is 10.3 Å². The third-order valence-electron chi connectivity index (χ3n) is 1.66. The van der Waals surface area contributed by atoms with E-state index in [4.69, 9.17) is 5.11 Å².